The maximum absolute atomic E-state index is 8.82. The summed E-state index contributed by atoms with van der Waals surface area (Å²) in [4.78, 5) is 4.50. The second-order valence-electron chi connectivity index (χ2n) is 3.98. The van der Waals surface area contributed by atoms with Crippen molar-refractivity contribution in [2.24, 2.45) is 5.73 Å². The van der Waals surface area contributed by atoms with E-state index in [1.807, 2.05) is 0 Å². The van der Waals surface area contributed by atoms with Crippen molar-refractivity contribution >= 4 is 5.84 Å². The van der Waals surface area contributed by atoms with Gasteiger partial charge >= 0.3 is 0 Å². The lowest BCUT2D eigenvalue weighted by atomic mass is 10.1. The van der Waals surface area contributed by atoms with Gasteiger partial charge in [0, 0.05) is 32.7 Å². The van der Waals surface area contributed by atoms with Crippen molar-refractivity contribution in [3.05, 3.63) is 0 Å². The lowest BCUT2D eigenvalue weighted by Gasteiger charge is -2.38. The summed E-state index contributed by atoms with van der Waals surface area (Å²) in [5.41, 5.74) is 5.56. The standard InChI is InChI=1S/C10H22N4O/c1-2-9(10(11)12)14-5-3-13(4-6-14)7-8-15/h9,15H,2-8H2,1H3,(H3,11,12). The van der Waals surface area contributed by atoms with E-state index < -0.39 is 0 Å². The minimum Gasteiger partial charge on any atom is -0.395 e. The van der Waals surface area contributed by atoms with Crippen LogP contribution in [0.2, 0.25) is 0 Å². The van der Waals surface area contributed by atoms with Gasteiger partial charge in [-0.2, -0.15) is 0 Å². The minimum atomic E-state index is 0.0984. The monoisotopic (exact) mass is 214 g/mol. The minimum absolute atomic E-state index is 0.0984. The SMILES string of the molecule is CCC(C(=N)N)N1CCN(CCO)CC1. The van der Waals surface area contributed by atoms with E-state index in [1.165, 1.54) is 0 Å². The maximum Gasteiger partial charge on any atom is 0.108 e. The average Bonchev–Trinajstić information content (AvgIpc) is 2.21. The molecule has 4 N–H and O–H groups in total. The predicted octanol–water partition coefficient (Wildman–Crippen LogP) is -0.689. The summed E-state index contributed by atoms with van der Waals surface area (Å²) in [5.74, 6) is 0.271. The Kier molecular flexibility index (Phi) is 5.01. The van der Waals surface area contributed by atoms with E-state index in [2.05, 4.69) is 16.7 Å². The molecule has 1 aliphatic rings. The molecule has 0 saturated carbocycles. The summed E-state index contributed by atoms with van der Waals surface area (Å²) in [5, 5.41) is 16.3. The molecule has 0 aromatic rings. The lowest BCUT2D eigenvalue weighted by molar-refractivity contribution is 0.0995. The zero-order valence-corrected chi connectivity index (χ0v) is 9.45. The molecule has 0 radical (unpaired) electrons. The number of hydrogen-bond donors (Lipinski definition) is 3. The van der Waals surface area contributed by atoms with E-state index >= 15 is 0 Å². The zero-order chi connectivity index (χ0) is 11.3. The summed E-state index contributed by atoms with van der Waals surface area (Å²) >= 11 is 0. The van der Waals surface area contributed by atoms with Gasteiger partial charge in [-0.1, -0.05) is 6.92 Å². The third-order valence-corrected chi connectivity index (χ3v) is 3.01. The smallest absolute Gasteiger partial charge is 0.108 e. The lowest BCUT2D eigenvalue weighted by Crippen LogP contribution is -2.54. The summed E-state index contributed by atoms with van der Waals surface area (Å²) < 4.78 is 0. The molecule has 0 spiro atoms. The van der Waals surface area contributed by atoms with Gasteiger partial charge in [0.1, 0.15) is 5.84 Å². The molecule has 15 heavy (non-hydrogen) atoms. The molecule has 5 heteroatoms. The van der Waals surface area contributed by atoms with E-state index in [9.17, 15) is 0 Å². The molecule has 0 aromatic heterocycles. The molecule has 1 atom stereocenters. The van der Waals surface area contributed by atoms with Crippen molar-refractivity contribution in [1.29, 1.82) is 5.41 Å². The Labute approximate surface area is 91.4 Å². The van der Waals surface area contributed by atoms with Crippen LogP contribution in [-0.4, -0.2) is 66.1 Å². The first kappa shape index (κ1) is 12.4. The Balaban J connectivity index is 2.38. The first-order chi connectivity index (χ1) is 7.19. The maximum atomic E-state index is 8.82. The number of β-amino-alcohol motifs (C(OH)–C–C–N with tert-alkyl or cyclic N) is 1. The molecule has 1 fully saturated rings. The molecule has 5 nitrogen and oxygen atoms in total. The molecule has 0 bridgehead atoms. The molecule has 1 unspecified atom stereocenters. The second kappa shape index (κ2) is 6.05. The number of aliphatic hydroxyl groups is 1. The Morgan fingerprint density at radius 3 is 2.40 bits per heavy atom. The van der Waals surface area contributed by atoms with Crippen LogP contribution in [0.25, 0.3) is 0 Å². The van der Waals surface area contributed by atoms with Crippen LogP contribution in [0.1, 0.15) is 13.3 Å². The van der Waals surface area contributed by atoms with Gasteiger partial charge in [-0.25, -0.2) is 0 Å². The molecular formula is C10H22N4O. The Hall–Kier alpha value is -0.650. The fourth-order valence-corrected chi connectivity index (χ4v) is 2.11. The van der Waals surface area contributed by atoms with Crippen LogP contribution in [-0.2, 0) is 0 Å². The van der Waals surface area contributed by atoms with Crippen LogP contribution >= 0.6 is 0 Å². The van der Waals surface area contributed by atoms with Crippen molar-refractivity contribution in [3.63, 3.8) is 0 Å². The van der Waals surface area contributed by atoms with E-state index in [4.69, 9.17) is 16.2 Å². The predicted molar refractivity (Wildman–Crippen MR) is 61.1 cm³/mol. The van der Waals surface area contributed by atoms with Gasteiger partial charge in [-0.05, 0) is 6.42 Å². The van der Waals surface area contributed by atoms with Gasteiger partial charge in [-0.3, -0.25) is 15.2 Å². The normalized spacial score (nSPS) is 21.5. The van der Waals surface area contributed by atoms with Crippen molar-refractivity contribution in [2.45, 2.75) is 19.4 Å². The van der Waals surface area contributed by atoms with Gasteiger partial charge in [0.05, 0.1) is 12.6 Å². The molecule has 1 heterocycles. The Morgan fingerprint density at radius 2 is 2.00 bits per heavy atom. The zero-order valence-electron chi connectivity index (χ0n) is 9.45. The largest absolute Gasteiger partial charge is 0.395 e. The van der Waals surface area contributed by atoms with Crippen LogP contribution in [0.3, 0.4) is 0 Å². The number of nitrogens with zero attached hydrogens (tertiary/aromatic N) is 2. The van der Waals surface area contributed by atoms with Gasteiger partial charge in [-0.15, -0.1) is 0 Å². The quantitative estimate of drug-likeness (QED) is 0.418. The van der Waals surface area contributed by atoms with E-state index in [-0.39, 0.29) is 18.5 Å². The fourth-order valence-electron chi connectivity index (χ4n) is 2.11. The molecule has 88 valence electrons. The summed E-state index contributed by atoms with van der Waals surface area (Å²) in [6, 6.07) is 0.0984. The van der Waals surface area contributed by atoms with Gasteiger partial charge in [0.25, 0.3) is 0 Å². The molecule has 1 aliphatic heterocycles. The number of aliphatic hydroxyl groups excluding tert-OH is 1. The van der Waals surface area contributed by atoms with Crippen molar-refractivity contribution in [1.82, 2.24) is 9.80 Å². The number of nitrogens with two attached hydrogens (primary N) is 1. The highest BCUT2D eigenvalue weighted by Gasteiger charge is 2.23. The third-order valence-electron chi connectivity index (χ3n) is 3.01. The topological polar surface area (TPSA) is 76.6 Å². The van der Waals surface area contributed by atoms with Gasteiger partial charge in [0.15, 0.2) is 0 Å². The molecule has 0 aromatic carbocycles. The molecule has 0 amide bonds. The summed E-state index contributed by atoms with van der Waals surface area (Å²) in [6.07, 6.45) is 0.898. The number of piperazine rings is 1. The van der Waals surface area contributed by atoms with E-state index in [0.29, 0.717) is 0 Å². The highest BCUT2D eigenvalue weighted by molar-refractivity contribution is 5.82. The van der Waals surface area contributed by atoms with Crippen LogP contribution < -0.4 is 5.73 Å². The van der Waals surface area contributed by atoms with Crippen molar-refractivity contribution in [2.75, 3.05) is 39.3 Å². The number of rotatable bonds is 5. The number of nitrogens with one attached hydrogen (secondary N) is 1. The van der Waals surface area contributed by atoms with Crippen LogP contribution in [0.5, 0.6) is 0 Å². The van der Waals surface area contributed by atoms with E-state index in [0.717, 1.165) is 39.1 Å². The first-order valence-corrected chi connectivity index (χ1v) is 5.60. The molecule has 1 saturated heterocycles. The third kappa shape index (κ3) is 3.44. The van der Waals surface area contributed by atoms with Gasteiger partial charge in [0.2, 0.25) is 0 Å². The number of amidine groups is 1. The summed E-state index contributed by atoms with van der Waals surface area (Å²) in [7, 11) is 0. The Morgan fingerprint density at radius 1 is 1.40 bits per heavy atom. The highest BCUT2D eigenvalue weighted by Crippen LogP contribution is 2.08. The van der Waals surface area contributed by atoms with Crippen LogP contribution in [0.15, 0.2) is 0 Å². The molecule has 0 aliphatic carbocycles. The highest BCUT2D eigenvalue weighted by atomic mass is 16.3. The molecule has 1 rings (SSSR count). The summed E-state index contributed by atoms with van der Waals surface area (Å²) in [6.45, 7) is 6.85. The number of hydrogen-bond acceptors (Lipinski definition) is 4. The Bertz CT molecular complexity index is 202. The second-order valence-corrected chi connectivity index (χ2v) is 3.98. The van der Waals surface area contributed by atoms with E-state index in [1.54, 1.807) is 0 Å². The van der Waals surface area contributed by atoms with Crippen LogP contribution in [0, 0.1) is 5.41 Å². The van der Waals surface area contributed by atoms with Crippen molar-refractivity contribution < 1.29 is 5.11 Å². The van der Waals surface area contributed by atoms with Crippen molar-refractivity contribution in [3.8, 4) is 0 Å². The fraction of sp³-hybridized carbons (Fsp3) is 0.900. The van der Waals surface area contributed by atoms with Gasteiger partial charge < -0.3 is 10.8 Å². The average molecular weight is 214 g/mol. The van der Waals surface area contributed by atoms with Crippen LogP contribution in [0.4, 0.5) is 0 Å². The molecular weight excluding hydrogens is 192 g/mol. The first-order valence-electron chi connectivity index (χ1n) is 5.60.